The highest BCUT2D eigenvalue weighted by molar-refractivity contribution is 5.85. The van der Waals surface area contributed by atoms with Crippen molar-refractivity contribution in [1.82, 2.24) is 0 Å². The Balaban J connectivity index is 2.44. The van der Waals surface area contributed by atoms with Gasteiger partial charge in [-0.3, -0.25) is 0 Å². The number of epoxide rings is 1. The van der Waals surface area contributed by atoms with Gasteiger partial charge in [0, 0.05) is 0 Å². The van der Waals surface area contributed by atoms with Crippen LogP contribution in [0.5, 0.6) is 0 Å². The minimum atomic E-state index is -1.32. The van der Waals surface area contributed by atoms with Crippen molar-refractivity contribution in [3.8, 4) is 0 Å². The van der Waals surface area contributed by atoms with Crippen LogP contribution in [-0.4, -0.2) is 18.2 Å². The molecule has 2 unspecified atom stereocenters. The molecule has 5 heteroatoms. The summed E-state index contributed by atoms with van der Waals surface area (Å²) in [6.07, 6.45) is 0.288. The molecule has 2 rings (SSSR count). The minimum Gasteiger partial charge on any atom is -0.464 e. The van der Waals surface area contributed by atoms with Gasteiger partial charge in [0.1, 0.15) is 17.2 Å². The summed E-state index contributed by atoms with van der Waals surface area (Å²) < 4.78 is 38.1. The Labute approximate surface area is 110 Å². The summed E-state index contributed by atoms with van der Waals surface area (Å²) in [6, 6.07) is 3.58. The molecule has 1 aliphatic heterocycles. The first-order valence-corrected chi connectivity index (χ1v) is 6.24. The number of carbonyl (C=O) groups excluding carboxylic acids is 1. The Bertz CT molecular complexity index is 497. The third-order valence-corrected chi connectivity index (χ3v) is 3.65. The summed E-state index contributed by atoms with van der Waals surface area (Å²) in [5, 5.41) is 0. The molecule has 1 saturated heterocycles. The van der Waals surface area contributed by atoms with Gasteiger partial charge in [-0.2, -0.15) is 0 Å². The first kappa shape index (κ1) is 13.9. The van der Waals surface area contributed by atoms with E-state index in [9.17, 15) is 13.6 Å². The van der Waals surface area contributed by atoms with Crippen molar-refractivity contribution in [3.05, 3.63) is 35.4 Å². The molecule has 0 radical (unpaired) electrons. The maximum absolute atomic E-state index is 13.8. The van der Waals surface area contributed by atoms with Gasteiger partial charge < -0.3 is 9.47 Å². The molecule has 1 aliphatic rings. The van der Waals surface area contributed by atoms with Crippen LogP contribution in [0.25, 0.3) is 0 Å². The van der Waals surface area contributed by atoms with Gasteiger partial charge in [-0.1, -0.05) is 13.0 Å². The quantitative estimate of drug-likeness (QED) is 0.623. The predicted octanol–water partition coefficient (Wildman–Crippen LogP) is 2.92. The summed E-state index contributed by atoms with van der Waals surface area (Å²) in [5.74, 6) is -2.02. The van der Waals surface area contributed by atoms with E-state index in [-0.39, 0.29) is 18.6 Å². The third kappa shape index (κ3) is 1.84. The number of hydrogen-bond donors (Lipinski definition) is 0. The zero-order valence-corrected chi connectivity index (χ0v) is 11.1. The second-order valence-electron chi connectivity index (χ2n) is 4.63. The fraction of sp³-hybridized carbons (Fsp3) is 0.500. The lowest BCUT2D eigenvalue weighted by Crippen LogP contribution is -2.33. The summed E-state index contributed by atoms with van der Waals surface area (Å²) in [4.78, 5) is 12.0. The smallest absolute Gasteiger partial charge is 0.341 e. The number of esters is 1. The predicted molar refractivity (Wildman–Crippen MR) is 64.5 cm³/mol. The van der Waals surface area contributed by atoms with Gasteiger partial charge in [-0.15, -0.1) is 0 Å². The van der Waals surface area contributed by atoms with Crippen LogP contribution in [0, 0.1) is 11.6 Å². The van der Waals surface area contributed by atoms with Crippen LogP contribution < -0.4 is 0 Å². The van der Waals surface area contributed by atoms with Crippen LogP contribution in [0.3, 0.4) is 0 Å². The highest BCUT2D eigenvalue weighted by atomic mass is 19.1. The van der Waals surface area contributed by atoms with Gasteiger partial charge >= 0.3 is 5.97 Å². The second kappa shape index (κ2) is 4.56. The van der Waals surface area contributed by atoms with Crippen LogP contribution in [0.1, 0.15) is 32.8 Å². The monoisotopic (exact) mass is 270 g/mol. The zero-order chi connectivity index (χ0) is 14.3. The maximum Gasteiger partial charge on any atom is 0.341 e. The lowest BCUT2D eigenvalue weighted by atomic mass is 9.85. The molecule has 0 bridgehead atoms. The molecule has 3 nitrogen and oxygen atoms in total. The first-order chi connectivity index (χ1) is 8.93. The number of halogens is 2. The fourth-order valence-electron chi connectivity index (χ4n) is 2.57. The number of benzene rings is 1. The average molecular weight is 270 g/mol. The van der Waals surface area contributed by atoms with E-state index in [4.69, 9.17) is 9.47 Å². The van der Waals surface area contributed by atoms with Gasteiger partial charge in [0.25, 0.3) is 0 Å². The van der Waals surface area contributed by atoms with E-state index < -0.39 is 28.8 Å². The standard InChI is InChI=1S/C14H16F2O3/c1-4-14(12(17)18-5-2)13(3,19-14)11-9(15)7-6-8-10(11)16/h6-8H,4-5H2,1-3H3. The van der Waals surface area contributed by atoms with Crippen molar-refractivity contribution in [3.63, 3.8) is 0 Å². The molecule has 1 aromatic rings. The SMILES string of the molecule is CCOC(=O)C1(CC)OC1(C)c1c(F)cccc1F. The number of ether oxygens (including phenoxy) is 2. The number of carbonyl (C=O) groups is 1. The fourth-order valence-corrected chi connectivity index (χ4v) is 2.57. The molecule has 1 aromatic carbocycles. The van der Waals surface area contributed by atoms with Crippen LogP contribution >= 0.6 is 0 Å². The Hall–Kier alpha value is -1.49. The van der Waals surface area contributed by atoms with E-state index in [1.165, 1.54) is 13.0 Å². The van der Waals surface area contributed by atoms with E-state index in [0.29, 0.717) is 0 Å². The van der Waals surface area contributed by atoms with Gasteiger partial charge in [0.15, 0.2) is 5.60 Å². The van der Waals surface area contributed by atoms with Crippen molar-refractivity contribution < 1.29 is 23.0 Å². The maximum atomic E-state index is 13.8. The first-order valence-electron chi connectivity index (χ1n) is 6.24. The molecule has 0 N–H and O–H groups in total. The highest BCUT2D eigenvalue weighted by Crippen LogP contribution is 2.59. The third-order valence-electron chi connectivity index (χ3n) is 3.65. The van der Waals surface area contributed by atoms with Crippen molar-refractivity contribution in [2.45, 2.75) is 38.4 Å². The summed E-state index contributed by atoms with van der Waals surface area (Å²) in [5.41, 5.74) is -2.83. The van der Waals surface area contributed by atoms with Gasteiger partial charge in [-0.05, 0) is 32.4 Å². The van der Waals surface area contributed by atoms with Crippen molar-refractivity contribution in [1.29, 1.82) is 0 Å². The van der Waals surface area contributed by atoms with E-state index in [1.807, 2.05) is 0 Å². The Morgan fingerprint density at radius 2 is 1.89 bits per heavy atom. The molecular weight excluding hydrogens is 254 g/mol. The van der Waals surface area contributed by atoms with Crippen LogP contribution in [0.2, 0.25) is 0 Å². The number of rotatable bonds is 4. The molecule has 0 spiro atoms. The lowest BCUT2D eigenvalue weighted by molar-refractivity contribution is -0.149. The molecule has 2 atom stereocenters. The molecular formula is C14H16F2O3. The van der Waals surface area contributed by atoms with E-state index in [1.54, 1.807) is 13.8 Å². The Morgan fingerprint density at radius 1 is 1.32 bits per heavy atom. The van der Waals surface area contributed by atoms with Crippen LogP contribution in [0.15, 0.2) is 18.2 Å². The zero-order valence-electron chi connectivity index (χ0n) is 11.1. The highest BCUT2D eigenvalue weighted by Gasteiger charge is 2.74. The van der Waals surface area contributed by atoms with E-state index in [0.717, 1.165) is 12.1 Å². The van der Waals surface area contributed by atoms with Crippen molar-refractivity contribution >= 4 is 5.97 Å². The average Bonchev–Trinajstić information content (AvgIpc) is 2.97. The van der Waals surface area contributed by atoms with Gasteiger partial charge in [0.2, 0.25) is 0 Å². The van der Waals surface area contributed by atoms with Crippen molar-refractivity contribution in [2.24, 2.45) is 0 Å². The molecule has 1 fully saturated rings. The molecule has 0 saturated carbocycles. The molecule has 19 heavy (non-hydrogen) atoms. The van der Waals surface area contributed by atoms with Gasteiger partial charge in [-0.25, -0.2) is 13.6 Å². The molecule has 1 heterocycles. The van der Waals surface area contributed by atoms with Crippen molar-refractivity contribution in [2.75, 3.05) is 6.61 Å². The normalized spacial score (nSPS) is 29.1. The summed E-state index contributed by atoms with van der Waals surface area (Å²) in [7, 11) is 0. The molecule has 104 valence electrons. The van der Waals surface area contributed by atoms with E-state index >= 15 is 0 Å². The largest absolute Gasteiger partial charge is 0.464 e. The number of hydrogen-bond acceptors (Lipinski definition) is 3. The van der Waals surface area contributed by atoms with Crippen LogP contribution in [0.4, 0.5) is 8.78 Å². The minimum absolute atomic E-state index is 0.194. The van der Waals surface area contributed by atoms with Gasteiger partial charge in [0.05, 0.1) is 12.2 Å². The second-order valence-corrected chi connectivity index (χ2v) is 4.63. The summed E-state index contributed by atoms with van der Waals surface area (Å²) in [6.45, 7) is 5.10. The molecule has 0 aliphatic carbocycles. The molecule has 0 aromatic heterocycles. The van der Waals surface area contributed by atoms with E-state index in [2.05, 4.69) is 0 Å². The molecule has 0 amide bonds. The lowest BCUT2D eigenvalue weighted by Gasteiger charge is -2.15. The Kier molecular flexibility index (Phi) is 3.34. The van der Waals surface area contributed by atoms with Crippen LogP contribution in [-0.2, 0) is 19.9 Å². The summed E-state index contributed by atoms with van der Waals surface area (Å²) >= 11 is 0. The Morgan fingerprint density at radius 3 is 2.37 bits per heavy atom. The topological polar surface area (TPSA) is 38.8 Å².